The molecule has 0 spiro atoms. The van der Waals surface area contributed by atoms with Gasteiger partial charge in [0.25, 0.3) is 0 Å². The summed E-state index contributed by atoms with van der Waals surface area (Å²) >= 11 is 3.27. The van der Waals surface area contributed by atoms with Crippen LogP contribution >= 0.6 is 15.9 Å². The molecular weight excluding hydrogens is 291 g/mol. The zero-order valence-electron chi connectivity index (χ0n) is 8.99. The van der Waals surface area contributed by atoms with Crippen molar-refractivity contribution in [2.24, 2.45) is 5.92 Å². The second kappa shape index (κ2) is 5.00. The Bertz CT molecular complexity index is 435. The quantitative estimate of drug-likeness (QED) is 0.898. The summed E-state index contributed by atoms with van der Waals surface area (Å²) in [6.45, 7) is -0.273. The predicted octanol–water partition coefficient (Wildman–Crippen LogP) is 2.70. The molecule has 1 saturated carbocycles. The van der Waals surface area contributed by atoms with Gasteiger partial charge in [0, 0.05) is 12.2 Å². The van der Waals surface area contributed by atoms with E-state index in [2.05, 4.69) is 26.2 Å². The van der Waals surface area contributed by atoms with Crippen LogP contribution in [-0.2, 0) is 0 Å². The van der Waals surface area contributed by atoms with Crippen molar-refractivity contribution >= 4 is 27.7 Å². The number of aromatic carboxylic acids is 1. The number of carboxylic acids is 1. The molecular formula is C11H12BrFN2O2. The third kappa shape index (κ3) is 2.74. The molecule has 0 radical (unpaired) electrons. The van der Waals surface area contributed by atoms with Crippen molar-refractivity contribution < 1.29 is 14.3 Å². The van der Waals surface area contributed by atoms with E-state index in [9.17, 15) is 9.18 Å². The first kappa shape index (κ1) is 12.3. The van der Waals surface area contributed by atoms with E-state index in [-0.39, 0.29) is 24.2 Å². The van der Waals surface area contributed by atoms with Gasteiger partial charge in [-0.25, -0.2) is 9.78 Å². The van der Waals surface area contributed by atoms with Crippen LogP contribution in [0.5, 0.6) is 0 Å². The largest absolute Gasteiger partial charge is 0.478 e. The molecule has 17 heavy (non-hydrogen) atoms. The summed E-state index contributed by atoms with van der Waals surface area (Å²) in [5.41, 5.74) is 0.137. The van der Waals surface area contributed by atoms with Crippen molar-refractivity contribution in [2.75, 3.05) is 12.0 Å². The van der Waals surface area contributed by atoms with Crippen molar-refractivity contribution in [1.29, 1.82) is 0 Å². The molecule has 92 valence electrons. The van der Waals surface area contributed by atoms with E-state index < -0.39 is 5.97 Å². The van der Waals surface area contributed by atoms with Crippen LogP contribution in [0.1, 0.15) is 23.2 Å². The summed E-state index contributed by atoms with van der Waals surface area (Å²) < 4.78 is 12.9. The van der Waals surface area contributed by atoms with Crippen molar-refractivity contribution in [1.82, 2.24) is 4.98 Å². The van der Waals surface area contributed by atoms with Gasteiger partial charge in [0.15, 0.2) is 0 Å². The molecule has 0 atom stereocenters. The number of carbonyl (C=O) groups is 1. The maximum absolute atomic E-state index is 12.3. The highest BCUT2D eigenvalue weighted by atomic mass is 79.9. The molecule has 0 bridgehead atoms. The Kier molecular flexibility index (Phi) is 3.61. The van der Waals surface area contributed by atoms with Crippen molar-refractivity contribution in [3.63, 3.8) is 0 Å². The monoisotopic (exact) mass is 302 g/mol. The fraction of sp³-hybridized carbons (Fsp3) is 0.455. The fourth-order valence-electron chi connectivity index (χ4n) is 1.83. The SMILES string of the molecule is O=C(O)c1cnc(NC2CC(CF)C2)c(Br)c1. The van der Waals surface area contributed by atoms with Crippen LogP contribution in [0, 0.1) is 5.92 Å². The van der Waals surface area contributed by atoms with Crippen molar-refractivity contribution in [3.05, 3.63) is 22.3 Å². The molecule has 2 rings (SSSR count). The van der Waals surface area contributed by atoms with Gasteiger partial charge < -0.3 is 10.4 Å². The second-order valence-corrected chi connectivity index (χ2v) is 5.05. The van der Waals surface area contributed by atoms with E-state index in [1.165, 1.54) is 12.3 Å². The number of carboxylic acid groups (broad SMARTS) is 1. The van der Waals surface area contributed by atoms with Crippen LogP contribution in [0.25, 0.3) is 0 Å². The van der Waals surface area contributed by atoms with Gasteiger partial charge in [-0.1, -0.05) is 0 Å². The summed E-state index contributed by atoms with van der Waals surface area (Å²) in [6, 6.07) is 1.73. The van der Waals surface area contributed by atoms with Crippen LogP contribution in [-0.4, -0.2) is 28.8 Å². The summed E-state index contributed by atoms with van der Waals surface area (Å²) in [5, 5.41) is 11.9. The van der Waals surface area contributed by atoms with Gasteiger partial charge in [0.2, 0.25) is 0 Å². The van der Waals surface area contributed by atoms with E-state index in [0.717, 1.165) is 12.8 Å². The van der Waals surface area contributed by atoms with Gasteiger partial charge in [0.1, 0.15) is 5.82 Å². The zero-order chi connectivity index (χ0) is 12.4. The number of alkyl halides is 1. The Morgan fingerprint density at radius 1 is 1.65 bits per heavy atom. The van der Waals surface area contributed by atoms with Crippen LogP contribution < -0.4 is 5.32 Å². The van der Waals surface area contributed by atoms with E-state index in [0.29, 0.717) is 10.3 Å². The minimum absolute atomic E-state index is 0.137. The molecule has 1 aromatic rings. The molecule has 1 heterocycles. The highest BCUT2D eigenvalue weighted by Gasteiger charge is 2.29. The molecule has 6 heteroatoms. The summed E-state index contributed by atoms with van der Waals surface area (Å²) in [7, 11) is 0. The molecule has 1 aliphatic carbocycles. The molecule has 1 fully saturated rings. The van der Waals surface area contributed by atoms with E-state index in [1.54, 1.807) is 0 Å². The van der Waals surface area contributed by atoms with Gasteiger partial charge in [-0.2, -0.15) is 0 Å². The number of halogens is 2. The Morgan fingerprint density at radius 3 is 2.88 bits per heavy atom. The van der Waals surface area contributed by atoms with E-state index in [4.69, 9.17) is 5.11 Å². The smallest absolute Gasteiger partial charge is 0.337 e. The highest BCUT2D eigenvalue weighted by Crippen LogP contribution is 2.32. The number of hydrogen-bond acceptors (Lipinski definition) is 3. The van der Waals surface area contributed by atoms with Gasteiger partial charge in [-0.3, -0.25) is 4.39 Å². The molecule has 0 saturated heterocycles. The average molecular weight is 303 g/mol. The Labute approximate surface area is 106 Å². The standard InChI is InChI=1S/C11H12BrFN2O2/c12-9-3-7(11(16)17)5-14-10(9)15-8-1-6(2-8)4-13/h3,5-6,8H,1-2,4H2,(H,14,15)(H,16,17). The summed E-state index contributed by atoms with van der Waals surface area (Å²) in [5.74, 6) is -0.243. The summed E-state index contributed by atoms with van der Waals surface area (Å²) in [4.78, 5) is 14.8. The van der Waals surface area contributed by atoms with Crippen LogP contribution in [0.2, 0.25) is 0 Å². The molecule has 0 aliphatic heterocycles. The minimum atomic E-state index is -1.01. The lowest BCUT2D eigenvalue weighted by atomic mass is 9.81. The first-order valence-corrected chi connectivity index (χ1v) is 6.10. The fourth-order valence-corrected chi connectivity index (χ4v) is 2.30. The van der Waals surface area contributed by atoms with Crippen LogP contribution in [0.3, 0.4) is 0 Å². The molecule has 4 nitrogen and oxygen atoms in total. The second-order valence-electron chi connectivity index (χ2n) is 4.19. The number of hydrogen-bond donors (Lipinski definition) is 2. The van der Waals surface area contributed by atoms with Crippen molar-refractivity contribution in [2.45, 2.75) is 18.9 Å². The maximum atomic E-state index is 12.3. The summed E-state index contributed by atoms with van der Waals surface area (Å²) in [6.07, 6.45) is 2.90. The number of anilines is 1. The zero-order valence-corrected chi connectivity index (χ0v) is 10.6. The number of nitrogens with one attached hydrogen (secondary N) is 1. The molecule has 0 amide bonds. The number of pyridine rings is 1. The average Bonchev–Trinajstić information content (AvgIpc) is 2.24. The minimum Gasteiger partial charge on any atom is -0.478 e. The Balaban J connectivity index is 2.00. The molecule has 1 aromatic heterocycles. The van der Waals surface area contributed by atoms with Crippen LogP contribution in [0.15, 0.2) is 16.7 Å². The van der Waals surface area contributed by atoms with E-state index in [1.807, 2.05) is 0 Å². The van der Waals surface area contributed by atoms with Gasteiger partial charge in [-0.05, 0) is 40.8 Å². The lowest BCUT2D eigenvalue weighted by Crippen LogP contribution is -2.36. The number of rotatable bonds is 4. The third-order valence-corrected chi connectivity index (χ3v) is 3.49. The van der Waals surface area contributed by atoms with Gasteiger partial charge in [-0.15, -0.1) is 0 Å². The van der Waals surface area contributed by atoms with Gasteiger partial charge in [0.05, 0.1) is 16.7 Å². The third-order valence-electron chi connectivity index (χ3n) is 2.88. The molecule has 1 aliphatic rings. The molecule has 0 aromatic carbocycles. The first-order chi connectivity index (χ1) is 8.10. The Morgan fingerprint density at radius 2 is 2.35 bits per heavy atom. The van der Waals surface area contributed by atoms with E-state index >= 15 is 0 Å². The number of aromatic nitrogens is 1. The van der Waals surface area contributed by atoms with Crippen molar-refractivity contribution in [3.8, 4) is 0 Å². The lowest BCUT2D eigenvalue weighted by molar-refractivity contribution is 0.0696. The topological polar surface area (TPSA) is 62.2 Å². The first-order valence-electron chi connectivity index (χ1n) is 5.31. The maximum Gasteiger partial charge on any atom is 0.337 e. The lowest BCUT2D eigenvalue weighted by Gasteiger charge is -2.34. The highest BCUT2D eigenvalue weighted by molar-refractivity contribution is 9.10. The molecule has 0 unspecified atom stereocenters. The molecule has 2 N–H and O–H groups in total. The van der Waals surface area contributed by atoms with Crippen LogP contribution in [0.4, 0.5) is 10.2 Å². The predicted molar refractivity (Wildman–Crippen MR) is 65.0 cm³/mol. The van der Waals surface area contributed by atoms with Gasteiger partial charge >= 0.3 is 5.97 Å². The normalized spacial score (nSPS) is 22.9. The Hall–Kier alpha value is -1.17. The number of nitrogens with zero attached hydrogens (tertiary/aromatic N) is 1.